The highest BCUT2D eigenvalue weighted by atomic mass is 14.9. The molecule has 1 heterocycles. The maximum Gasteiger partial charge on any atom is 0.0208 e. The van der Waals surface area contributed by atoms with E-state index in [-0.39, 0.29) is 6.04 Å². The van der Waals surface area contributed by atoms with Crippen molar-refractivity contribution in [3.05, 3.63) is 77.5 Å². The highest BCUT2D eigenvalue weighted by molar-refractivity contribution is 5.82. The summed E-state index contributed by atoms with van der Waals surface area (Å²) in [4.78, 5) is 0. The second-order valence-corrected chi connectivity index (χ2v) is 5.27. The van der Waals surface area contributed by atoms with Gasteiger partial charge in [0.05, 0.1) is 0 Å². The monoisotopic (exact) mass is 264 g/mol. The lowest BCUT2D eigenvalue weighted by Crippen LogP contribution is -2.35. The van der Waals surface area contributed by atoms with E-state index in [0.29, 0.717) is 0 Å². The van der Waals surface area contributed by atoms with Gasteiger partial charge in [0.2, 0.25) is 0 Å². The summed E-state index contributed by atoms with van der Waals surface area (Å²) in [5, 5.41) is 3.55. The van der Waals surface area contributed by atoms with Crippen molar-refractivity contribution < 1.29 is 0 Å². The van der Waals surface area contributed by atoms with Crippen LogP contribution in [-0.2, 0) is 0 Å². The smallest absolute Gasteiger partial charge is 0.0208 e. The third-order valence-corrected chi connectivity index (χ3v) is 3.75. The molecule has 0 amide bonds. The van der Waals surface area contributed by atoms with Crippen LogP contribution in [0, 0.1) is 0 Å². The molecule has 0 aromatic heterocycles. The standard InChI is InChI=1S/C18H20N2/c19-16-11-12-20-17(13-16)18(14-7-3-1-4-8-14)15-9-5-2-6-10-15/h1-10,16,20H,11-13,19H2. The summed E-state index contributed by atoms with van der Waals surface area (Å²) in [5.74, 6) is 0. The lowest BCUT2D eigenvalue weighted by atomic mass is 9.91. The molecule has 1 unspecified atom stereocenters. The van der Waals surface area contributed by atoms with E-state index in [4.69, 9.17) is 5.73 Å². The summed E-state index contributed by atoms with van der Waals surface area (Å²) in [6, 6.07) is 21.4. The normalized spacial score (nSPS) is 18.4. The fraction of sp³-hybridized carbons (Fsp3) is 0.222. The van der Waals surface area contributed by atoms with Gasteiger partial charge in [0, 0.05) is 30.3 Å². The molecule has 0 bridgehead atoms. The second kappa shape index (κ2) is 5.93. The molecule has 1 saturated heterocycles. The number of hydrogen-bond donors (Lipinski definition) is 2. The lowest BCUT2D eigenvalue weighted by molar-refractivity contribution is 0.514. The molecule has 0 saturated carbocycles. The van der Waals surface area contributed by atoms with Crippen LogP contribution in [0.2, 0.25) is 0 Å². The van der Waals surface area contributed by atoms with E-state index in [2.05, 4.69) is 66.0 Å². The minimum Gasteiger partial charge on any atom is -0.388 e. The first-order valence-electron chi connectivity index (χ1n) is 7.18. The zero-order valence-corrected chi connectivity index (χ0v) is 11.5. The second-order valence-electron chi connectivity index (χ2n) is 5.27. The Labute approximate surface area is 120 Å². The van der Waals surface area contributed by atoms with Crippen molar-refractivity contribution in [1.29, 1.82) is 0 Å². The average molecular weight is 264 g/mol. The van der Waals surface area contributed by atoms with Crippen LogP contribution >= 0.6 is 0 Å². The Morgan fingerprint density at radius 1 is 0.900 bits per heavy atom. The number of piperidine rings is 1. The molecular formula is C18H20N2. The summed E-state index contributed by atoms with van der Waals surface area (Å²) in [7, 11) is 0. The minimum atomic E-state index is 0.258. The molecule has 1 aliphatic rings. The fourth-order valence-electron chi connectivity index (χ4n) is 2.76. The molecule has 2 heteroatoms. The van der Waals surface area contributed by atoms with Gasteiger partial charge in [-0.3, -0.25) is 0 Å². The third kappa shape index (κ3) is 2.75. The summed E-state index contributed by atoms with van der Waals surface area (Å²) in [6.07, 6.45) is 1.96. The Bertz CT molecular complexity index is 546. The van der Waals surface area contributed by atoms with E-state index in [1.54, 1.807) is 0 Å². The van der Waals surface area contributed by atoms with Gasteiger partial charge in [-0.25, -0.2) is 0 Å². The number of benzene rings is 2. The van der Waals surface area contributed by atoms with Gasteiger partial charge in [-0.1, -0.05) is 60.7 Å². The number of rotatable bonds is 2. The third-order valence-electron chi connectivity index (χ3n) is 3.75. The van der Waals surface area contributed by atoms with Crippen LogP contribution in [0.15, 0.2) is 66.4 Å². The first-order chi connectivity index (χ1) is 9.84. The molecule has 1 fully saturated rings. The van der Waals surface area contributed by atoms with E-state index in [0.717, 1.165) is 19.4 Å². The Balaban J connectivity index is 2.11. The Morgan fingerprint density at radius 3 is 1.95 bits per heavy atom. The van der Waals surface area contributed by atoms with E-state index in [9.17, 15) is 0 Å². The zero-order valence-electron chi connectivity index (χ0n) is 11.5. The van der Waals surface area contributed by atoms with Gasteiger partial charge in [-0.05, 0) is 17.5 Å². The molecule has 1 aliphatic heterocycles. The van der Waals surface area contributed by atoms with Crippen LogP contribution in [0.1, 0.15) is 24.0 Å². The van der Waals surface area contributed by atoms with Gasteiger partial charge in [0.1, 0.15) is 0 Å². The zero-order chi connectivity index (χ0) is 13.8. The predicted octanol–water partition coefficient (Wildman–Crippen LogP) is 3.16. The largest absolute Gasteiger partial charge is 0.388 e. The van der Waals surface area contributed by atoms with Crippen molar-refractivity contribution in [3.8, 4) is 0 Å². The molecule has 2 aromatic carbocycles. The lowest BCUT2D eigenvalue weighted by Gasteiger charge is -2.26. The van der Waals surface area contributed by atoms with E-state index in [1.165, 1.54) is 22.4 Å². The van der Waals surface area contributed by atoms with E-state index >= 15 is 0 Å². The Hall–Kier alpha value is -2.06. The molecule has 0 radical (unpaired) electrons. The van der Waals surface area contributed by atoms with Crippen LogP contribution in [0.25, 0.3) is 5.57 Å². The molecule has 0 spiro atoms. The highest BCUT2D eigenvalue weighted by Crippen LogP contribution is 2.29. The van der Waals surface area contributed by atoms with Crippen LogP contribution in [0.5, 0.6) is 0 Å². The van der Waals surface area contributed by atoms with Gasteiger partial charge in [0.25, 0.3) is 0 Å². The summed E-state index contributed by atoms with van der Waals surface area (Å²) in [5.41, 5.74) is 11.2. The molecule has 102 valence electrons. The number of nitrogens with one attached hydrogen (secondary N) is 1. The molecule has 1 atom stereocenters. The number of nitrogens with two attached hydrogens (primary N) is 1. The summed E-state index contributed by atoms with van der Waals surface area (Å²) in [6.45, 7) is 0.958. The van der Waals surface area contributed by atoms with Gasteiger partial charge in [-0.2, -0.15) is 0 Å². The minimum absolute atomic E-state index is 0.258. The molecule has 2 aromatic rings. The van der Waals surface area contributed by atoms with Crippen molar-refractivity contribution in [1.82, 2.24) is 5.32 Å². The van der Waals surface area contributed by atoms with Gasteiger partial charge < -0.3 is 11.1 Å². The fourth-order valence-corrected chi connectivity index (χ4v) is 2.76. The van der Waals surface area contributed by atoms with Crippen LogP contribution < -0.4 is 11.1 Å². The van der Waals surface area contributed by atoms with Crippen molar-refractivity contribution in [2.45, 2.75) is 18.9 Å². The molecule has 2 nitrogen and oxygen atoms in total. The van der Waals surface area contributed by atoms with Gasteiger partial charge in [-0.15, -0.1) is 0 Å². The quantitative estimate of drug-likeness (QED) is 0.874. The molecule has 0 aliphatic carbocycles. The molecule has 3 rings (SSSR count). The van der Waals surface area contributed by atoms with Crippen molar-refractivity contribution in [2.75, 3.05) is 6.54 Å². The highest BCUT2D eigenvalue weighted by Gasteiger charge is 2.18. The first-order valence-corrected chi connectivity index (χ1v) is 7.18. The molecular weight excluding hydrogens is 244 g/mol. The van der Waals surface area contributed by atoms with Gasteiger partial charge in [0.15, 0.2) is 0 Å². The van der Waals surface area contributed by atoms with Crippen molar-refractivity contribution in [3.63, 3.8) is 0 Å². The van der Waals surface area contributed by atoms with Gasteiger partial charge >= 0.3 is 0 Å². The summed E-state index contributed by atoms with van der Waals surface area (Å²) < 4.78 is 0. The Morgan fingerprint density at radius 2 is 1.45 bits per heavy atom. The molecule has 3 N–H and O–H groups in total. The van der Waals surface area contributed by atoms with E-state index < -0.39 is 0 Å². The first kappa shape index (κ1) is 12.9. The maximum atomic E-state index is 6.14. The average Bonchev–Trinajstić information content (AvgIpc) is 2.50. The summed E-state index contributed by atoms with van der Waals surface area (Å²) >= 11 is 0. The van der Waals surface area contributed by atoms with Crippen molar-refractivity contribution in [2.24, 2.45) is 5.73 Å². The van der Waals surface area contributed by atoms with Crippen LogP contribution in [0.4, 0.5) is 0 Å². The topological polar surface area (TPSA) is 38.0 Å². The molecule has 20 heavy (non-hydrogen) atoms. The predicted molar refractivity (Wildman–Crippen MR) is 84.1 cm³/mol. The number of hydrogen-bond acceptors (Lipinski definition) is 2. The van der Waals surface area contributed by atoms with E-state index in [1.807, 2.05) is 0 Å². The SMILES string of the molecule is NC1CCNC(=C(c2ccccc2)c2ccccc2)C1. The van der Waals surface area contributed by atoms with Crippen molar-refractivity contribution >= 4 is 5.57 Å². The Kier molecular flexibility index (Phi) is 3.84. The maximum absolute atomic E-state index is 6.14. The van der Waals surface area contributed by atoms with Crippen LogP contribution in [-0.4, -0.2) is 12.6 Å². The van der Waals surface area contributed by atoms with Crippen LogP contribution in [0.3, 0.4) is 0 Å².